The van der Waals surface area contributed by atoms with Crippen LogP contribution < -0.4 is 5.43 Å². The van der Waals surface area contributed by atoms with Gasteiger partial charge in [-0.3, -0.25) is 4.79 Å². The van der Waals surface area contributed by atoms with E-state index in [0.717, 1.165) is 11.0 Å². The Kier molecular flexibility index (Phi) is 0.821. The fourth-order valence-corrected chi connectivity index (χ4v) is 1.25. The second-order valence-electron chi connectivity index (χ2n) is 2.74. The summed E-state index contributed by atoms with van der Waals surface area (Å²) in [6.07, 6.45) is 0. The van der Waals surface area contributed by atoms with Crippen molar-refractivity contribution in [3.8, 4) is 0 Å². The Morgan fingerprint density at radius 1 is 0.917 bits per heavy atom. The number of nitrogens with zero attached hydrogens (tertiary/aromatic N) is 2. The molecule has 3 rings (SSSR count). The van der Waals surface area contributed by atoms with Crippen LogP contribution in [0.4, 0.5) is 0 Å². The quantitative estimate of drug-likeness (QED) is 0.488. The van der Waals surface area contributed by atoms with Crippen molar-refractivity contribution in [1.82, 2.24) is 9.97 Å². The number of fused-ring (bicyclic) bond motifs is 2. The molecule has 0 saturated carbocycles. The van der Waals surface area contributed by atoms with Crippen molar-refractivity contribution in [3.63, 3.8) is 0 Å². The van der Waals surface area contributed by atoms with Crippen LogP contribution in [0.2, 0.25) is 0 Å². The lowest BCUT2D eigenvalue weighted by atomic mass is 10.3. The van der Waals surface area contributed by atoms with Crippen LogP contribution in [0.5, 0.6) is 0 Å². The Morgan fingerprint density at radius 3 is 1.92 bits per heavy atom. The van der Waals surface area contributed by atoms with E-state index < -0.39 is 0 Å². The van der Waals surface area contributed by atoms with Crippen LogP contribution in [-0.4, -0.2) is 9.97 Å². The van der Waals surface area contributed by atoms with Gasteiger partial charge in [-0.1, -0.05) is 12.1 Å². The molecule has 12 heavy (non-hydrogen) atoms. The van der Waals surface area contributed by atoms with E-state index >= 15 is 0 Å². The van der Waals surface area contributed by atoms with Gasteiger partial charge in [0.2, 0.25) is 5.43 Å². The summed E-state index contributed by atoms with van der Waals surface area (Å²) < 4.78 is 0. The molecule has 0 spiro atoms. The van der Waals surface area contributed by atoms with Crippen LogP contribution in [0, 0.1) is 0 Å². The van der Waals surface area contributed by atoms with Gasteiger partial charge in [0.25, 0.3) is 0 Å². The largest absolute Gasteiger partial charge is 0.285 e. The van der Waals surface area contributed by atoms with Gasteiger partial charge in [-0.05, 0) is 12.1 Å². The molecule has 1 aromatic heterocycles. The third-order valence-electron chi connectivity index (χ3n) is 1.94. The fraction of sp³-hybridized carbons (Fsp3) is 0. The highest BCUT2D eigenvalue weighted by atomic mass is 16.1. The zero-order valence-corrected chi connectivity index (χ0v) is 6.11. The van der Waals surface area contributed by atoms with Crippen molar-refractivity contribution in [2.45, 2.75) is 0 Å². The molecule has 0 fully saturated rings. The average Bonchev–Trinajstić information content (AvgIpc) is 2.74. The molecule has 1 heterocycles. The number of rotatable bonds is 0. The summed E-state index contributed by atoms with van der Waals surface area (Å²) in [5.41, 5.74) is 2.65. The number of aromatic nitrogens is 2. The molecule has 0 atom stereocenters. The van der Waals surface area contributed by atoms with Crippen molar-refractivity contribution in [3.05, 3.63) is 34.5 Å². The molecule has 3 nitrogen and oxygen atoms in total. The molecular formula is C9H4N2O. The van der Waals surface area contributed by atoms with E-state index in [1.54, 1.807) is 0 Å². The molecule has 0 amide bonds. The number of hydrogen-bond acceptors (Lipinski definition) is 3. The van der Waals surface area contributed by atoms with Crippen LogP contribution in [0.1, 0.15) is 0 Å². The van der Waals surface area contributed by atoms with Gasteiger partial charge in [-0.15, -0.1) is 0 Å². The summed E-state index contributed by atoms with van der Waals surface area (Å²) in [6.45, 7) is 0. The molecule has 0 N–H and O–H groups in total. The number of hydrogen-bond donors (Lipinski definition) is 0. The van der Waals surface area contributed by atoms with Gasteiger partial charge < -0.3 is 0 Å². The molecule has 0 aliphatic carbocycles. The van der Waals surface area contributed by atoms with Crippen molar-refractivity contribution in [2.24, 2.45) is 0 Å². The van der Waals surface area contributed by atoms with E-state index in [9.17, 15) is 4.79 Å². The van der Waals surface area contributed by atoms with Gasteiger partial charge in [-0.25, -0.2) is 9.97 Å². The molecule has 56 valence electrons. The zero-order valence-electron chi connectivity index (χ0n) is 6.11. The monoisotopic (exact) mass is 156 g/mol. The van der Waals surface area contributed by atoms with E-state index in [-0.39, 0.29) is 5.43 Å². The van der Waals surface area contributed by atoms with E-state index in [0.29, 0.717) is 11.0 Å². The van der Waals surface area contributed by atoms with E-state index in [1.807, 2.05) is 24.3 Å². The van der Waals surface area contributed by atoms with Crippen molar-refractivity contribution in [2.75, 3.05) is 0 Å². The van der Waals surface area contributed by atoms with Crippen LogP contribution in [0.25, 0.3) is 22.1 Å². The molecular weight excluding hydrogens is 152 g/mol. The van der Waals surface area contributed by atoms with Crippen LogP contribution in [-0.2, 0) is 0 Å². The first kappa shape index (κ1) is 5.83. The predicted molar refractivity (Wildman–Crippen MR) is 45.7 cm³/mol. The molecule has 0 bridgehead atoms. The highest BCUT2D eigenvalue weighted by Gasteiger charge is 2.16. The van der Waals surface area contributed by atoms with Gasteiger partial charge >= 0.3 is 0 Å². The molecule has 0 radical (unpaired) electrons. The highest BCUT2D eigenvalue weighted by molar-refractivity contribution is 5.95. The molecule has 3 aromatic rings. The fourth-order valence-electron chi connectivity index (χ4n) is 1.25. The molecule has 0 aliphatic heterocycles. The average molecular weight is 156 g/mol. The highest BCUT2D eigenvalue weighted by Crippen LogP contribution is 2.14. The topological polar surface area (TPSA) is 42.9 Å². The normalized spacial score (nSPS) is 11.7. The number of benzene rings is 1. The first-order valence-electron chi connectivity index (χ1n) is 3.68. The minimum atomic E-state index is -0.00815. The van der Waals surface area contributed by atoms with E-state index in [1.165, 1.54) is 0 Å². The summed E-state index contributed by atoms with van der Waals surface area (Å²) in [5.74, 6) is 0. The lowest BCUT2D eigenvalue weighted by Gasteiger charge is -1.89. The van der Waals surface area contributed by atoms with Crippen LogP contribution in [0.3, 0.4) is 0 Å². The summed E-state index contributed by atoms with van der Waals surface area (Å²) in [7, 11) is 0. The van der Waals surface area contributed by atoms with Gasteiger partial charge in [0.05, 0.1) is 11.0 Å². The predicted octanol–water partition coefficient (Wildman–Crippen LogP) is 1.02. The standard InChI is InChI=1S/C9H4N2O/c12-9-7-8(9)11-6-4-2-1-3-5(6)10-7/h1-4H. The number of para-hydroxylation sites is 2. The molecule has 3 heteroatoms. The lowest BCUT2D eigenvalue weighted by Crippen LogP contribution is -1.76. The lowest BCUT2D eigenvalue weighted by molar-refractivity contribution is 1.45. The SMILES string of the molecule is O=c1c2nc3ccccc3nc12. The van der Waals surface area contributed by atoms with Gasteiger partial charge in [0.15, 0.2) is 0 Å². The van der Waals surface area contributed by atoms with Crippen molar-refractivity contribution >= 4 is 22.1 Å². The molecule has 0 saturated heterocycles. The Labute approximate surface area is 67.4 Å². The minimum Gasteiger partial charge on any atom is -0.285 e. The maximum atomic E-state index is 10.9. The van der Waals surface area contributed by atoms with Crippen LogP contribution >= 0.6 is 0 Å². The first-order chi connectivity index (χ1) is 5.86. The summed E-state index contributed by atoms with van der Waals surface area (Å²) in [6, 6.07) is 7.48. The van der Waals surface area contributed by atoms with E-state index in [2.05, 4.69) is 9.97 Å². The summed E-state index contributed by atoms with van der Waals surface area (Å²) >= 11 is 0. The van der Waals surface area contributed by atoms with Gasteiger partial charge in [0, 0.05) is 0 Å². The molecule has 2 aromatic carbocycles. The second-order valence-corrected chi connectivity index (χ2v) is 2.74. The van der Waals surface area contributed by atoms with Gasteiger partial charge in [-0.2, -0.15) is 0 Å². The maximum absolute atomic E-state index is 10.9. The smallest absolute Gasteiger partial charge is 0.234 e. The third-order valence-corrected chi connectivity index (χ3v) is 1.94. The summed E-state index contributed by atoms with van der Waals surface area (Å²) in [5, 5.41) is 0. The summed E-state index contributed by atoms with van der Waals surface area (Å²) in [4.78, 5) is 19.2. The molecule has 0 aliphatic rings. The maximum Gasteiger partial charge on any atom is 0.234 e. The van der Waals surface area contributed by atoms with Crippen molar-refractivity contribution < 1.29 is 0 Å². The molecule has 0 unspecified atom stereocenters. The van der Waals surface area contributed by atoms with Gasteiger partial charge in [0.1, 0.15) is 11.0 Å². The Balaban J connectivity index is 2.60. The minimum absolute atomic E-state index is 0.00815. The van der Waals surface area contributed by atoms with E-state index in [4.69, 9.17) is 0 Å². The second kappa shape index (κ2) is 1.69. The first-order valence-corrected chi connectivity index (χ1v) is 3.68. The van der Waals surface area contributed by atoms with Crippen LogP contribution in [0.15, 0.2) is 29.1 Å². The van der Waals surface area contributed by atoms with Crippen molar-refractivity contribution in [1.29, 1.82) is 0 Å². The Morgan fingerprint density at radius 2 is 1.42 bits per heavy atom. The third kappa shape index (κ3) is 0.580. The zero-order chi connectivity index (χ0) is 8.13. The Hall–Kier alpha value is -1.77. The Bertz CT molecular complexity index is 540.